The number of ether oxygens (including phenoxy) is 1. The third kappa shape index (κ3) is 5.70. The summed E-state index contributed by atoms with van der Waals surface area (Å²) in [5.41, 5.74) is 1.18. The Hall–Kier alpha value is -1.27. The van der Waals surface area contributed by atoms with Gasteiger partial charge in [0.05, 0.1) is 12.4 Å². The fourth-order valence-corrected chi connectivity index (χ4v) is 3.89. The smallest absolute Gasteiger partial charge is 0.233 e. The van der Waals surface area contributed by atoms with Crippen molar-refractivity contribution in [3.63, 3.8) is 0 Å². The molecule has 1 aliphatic heterocycles. The summed E-state index contributed by atoms with van der Waals surface area (Å²) in [6, 6.07) is 7.91. The van der Waals surface area contributed by atoms with Crippen LogP contribution < -0.4 is 10.1 Å². The number of likely N-dealkylation sites (tertiary alicyclic amines) is 1. The molecule has 1 heterocycles. The number of carbonyl (C=O) groups excluding carboxylic acids is 1. The molecule has 23 heavy (non-hydrogen) atoms. The number of nitrogens with zero attached hydrogens (tertiary/aromatic N) is 1. The van der Waals surface area contributed by atoms with Crippen LogP contribution in [0.25, 0.3) is 0 Å². The molecule has 1 fully saturated rings. The largest absolute Gasteiger partial charge is 0.497 e. The number of methoxy groups -OCH3 is 1. The van der Waals surface area contributed by atoms with Gasteiger partial charge in [0.15, 0.2) is 0 Å². The second-order valence-electron chi connectivity index (χ2n) is 5.61. The second kappa shape index (κ2) is 9.13. The van der Waals surface area contributed by atoms with Crippen molar-refractivity contribution < 1.29 is 9.53 Å². The van der Waals surface area contributed by atoms with Crippen molar-refractivity contribution in [2.75, 3.05) is 26.7 Å². The van der Waals surface area contributed by atoms with Crippen molar-refractivity contribution in [1.29, 1.82) is 0 Å². The Balaban J connectivity index is 1.69. The molecule has 1 aromatic rings. The molecule has 0 radical (unpaired) electrons. The quantitative estimate of drug-likeness (QED) is 0.798. The first kappa shape index (κ1) is 18.1. The molecule has 2 rings (SSSR count). The Morgan fingerprint density at radius 3 is 2.61 bits per heavy atom. The van der Waals surface area contributed by atoms with Crippen molar-refractivity contribution in [2.45, 2.75) is 31.4 Å². The van der Waals surface area contributed by atoms with Crippen LogP contribution in [0, 0.1) is 0 Å². The lowest BCUT2D eigenvalue weighted by atomic mass is 10.1. The number of thiocarbonyl (C=S) groups is 1. The fourth-order valence-electron chi connectivity index (χ4n) is 2.44. The van der Waals surface area contributed by atoms with Gasteiger partial charge in [0.2, 0.25) is 5.91 Å². The Morgan fingerprint density at radius 2 is 2.00 bits per heavy atom. The molecule has 0 spiro atoms. The van der Waals surface area contributed by atoms with Gasteiger partial charge < -0.3 is 15.0 Å². The number of hydrogen-bond donors (Lipinski definition) is 1. The molecule has 0 aromatic heterocycles. The summed E-state index contributed by atoms with van der Waals surface area (Å²) in [4.78, 5) is 14.3. The van der Waals surface area contributed by atoms with E-state index in [1.165, 1.54) is 30.2 Å². The standard InChI is InChI=1S/C17H24N2O2S2/c1-13(23-17(22)19-11-3-4-12-19)16(20)18-10-9-14-5-7-15(21-2)8-6-14/h5-8,13H,3-4,9-12H2,1-2H3,(H,18,20)/t13-/m1/s1. The van der Waals surface area contributed by atoms with Crippen LogP contribution in [0.1, 0.15) is 25.3 Å². The topological polar surface area (TPSA) is 41.6 Å². The maximum absolute atomic E-state index is 12.2. The highest BCUT2D eigenvalue weighted by atomic mass is 32.2. The molecule has 1 N–H and O–H groups in total. The van der Waals surface area contributed by atoms with Crippen molar-refractivity contribution in [1.82, 2.24) is 10.2 Å². The molecule has 1 amide bonds. The highest BCUT2D eigenvalue weighted by Crippen LogP contribution is 2.20. The summed E-state index contributed by atoms with van der Waals surface area (Å²) in [6.45, 7) is 4.59. The first-order valence-electron chi connectivity index (χ1n) is 7.96. The maximum Gasteiger partial charge on any atom is 0.233 e. The van der Waals surface area contributed by atoms with Gasteiger partial charge in [-0.2, -0.15) is 0 Å². The number of amides is 1. The zero-order valence-electron chi connectivity index (χ0n) is 13.7. The minimum Gasteiger partial charge on any atom is -0.497 e. The first-order valence-corrected chi connectivity index (χ1v) is 9.25. The summed E-state index contributed by atoms with van der Waals surface area (Å²) < 4.78 is 5.98. The average molecular weight is 353 g/mol. The monoisotopic (exact) mass is 352 g/mol. The fraction of sp³-hybridized carbons (Fsp3) is 0.529. The Labute approximate surface area is 148 Å². The van der Waals surface area contributed by atoms with E-state index in [2.05, 4.69) is 10.2 Å². The number of hydrogen-bond acceptors (Lipinski definition) is 4. The third-order valence-electron chi connectivity index (χ3n) is 3.88. The van der Waals surface area contributed by atoms with Gasteiger partial charge >= 0.3 is 0 Å². The van der Waals surface area contributed by atoms with Crippen molar-refractivity contribution >= 4 is 34.2 Å². The van der Waals surface area contributed by atoms with Gasteiger partial charge in [-0.25, -0.2) is 0 Å². The molecular formula is C17H24N2O2S2. The van der Waals surface area contributed by atoms with Gasteiger partial charge in [-0.3, -0.25) is 4.79 Å². The lowest BCUT2D eigenvalue weighted by Gasteiger charge is -2.20. The zero-order chi connectivity index (χ0) is 16.7. The first-order chi connectivity index (χ1) is 11.1. The average Bonchev–Trinajstić information content (AvgIpc) is 3.10. The summed E-state index contributed by atoms with van der Waals surface area (Å²) in [7, 11) is 1.65. The SMILES string of the molecule is COc1ccc(CCNC(=O)[C@@H](C)SC(=S)N2CCCC2)cc1. The Morgan fingerprint density at radius 1 is 1.35 bits per heavy atom. The van der Waals surface area contributed by atoms with Crippen LogP contribution in [-0.2, 0) is 11.2 Å². The number of nitrogens with one attached hydrogen (secondary N) is 1. The van der Waals surface area contributed by atoms with E-state index in [0.29, 0.717) is 6.54 Å². The van der Waals surface area contributed by atoms with Gasteiger partial charge in [-0.1, -0.05) is 36.1 Å². The second-order valence-corrected chi connectivity index (χ2v) is 7.58. The number of thioether (sulfide) groups is 1. The third-order valence-corrected chi connectivity index (χ3v) is 5.46. The van der Waals surface area contributed by atoms with Gasteiger partial charge in [-0.15, -0.1) is 0 Å². The van der Waals surface area contributed by atoms with E-state index in [-0.39, 0.29) is 11.2 Å². The van der Waals surface area contributed by atoms with E-state index in [4.69, 9.17) is 17.0 Å². The van der Waals surface area contributed by atoms with Crippen molar-refractivity contribution in [3.8, 4) is 5.75 Å². The predicted molar refractivity (Wildman–Crippen MR) is 100 cm³/mol. The van der Waals surface area contributed by atoms with Crippen LogP contribution in [-0.4, -0.2) is 47.1 Å². The van der Waals surface area contributed by atoms with Crippen LogP contribution in [0.5, 0.6) is 5.75 Å². The lowest BCUT2D eigenvalue weighted by Crippen LogP contribution is -2.35. The lowest BCUT2D eigenvalue weighted by molar-refractivity contribution is -0.120. The summed E-state index contributed by atoms with van der Waals surface area (Å²) in [5, 5.41) is 2.83. The van der Waals surface area contributed by atoms with E-state index in [1.807, 2.05) is 31.2 Å². The number of carbonyl (C=O) groups is 1. The highest BCUT2D eigenvalue weighted by Gasteiger charge is 2.20. The van der Waals surface area contributed by atoms with E-state index in [1.54, 1.807) is 7.11 Å². The molecular weight excluding hydrogens is 328 g/mol. The minimum atomic E-state index is -0.154. The highest BCUT2D eigenvalue weighted by molar-refractivity contribution is 8.23. The van der Waals surface area contributed by atoms with E-state index < -0.39 is 0 Å². The number of rotatable bonds is 6. The van der Waals surface area contributed by atoms with E-state index in [9.17, 15) is 4.79 Å². The normalized spacial score (nSPS) is 15.3. The van der Waals surface area contributed by atoms with Gasteiger partial charge in [-0.05, 0) is 43.9 Å². The molecule has 1 atom stereocenters. The van der Waals surface area contributed by atoms with Crippen molar-refractivity contribution in [3.05, 3.63) is 29.8 Å². The van der Waals surface area contributed by atoms with Crippen LogP contribution in [0.15, 0.2) is 24.3 Å². The molecule has 0 aliphatic carbocycles. The Bertz CT molecular complexity index is 528. The summed E-state index contributed by atoms with van der Waals surface area (Å²) in [5.74, 6) is 0.892. The zero-order valence-corrected chi connectivity index (χ0v) is 15.3. The van der Waals surface area contributed by atoms with Gasteiger partial charge in [0, 0.05) is 19.6 Å². The predicted octanol–water partition coefficient (Wildman–Crippen LogP) is 2.86. The summed E-state index contributed by atoms with van der Waals surface area (Å²) >= 11 is 6.90. The molecule has 1 aromatic carbocycles. The molecule has 1 aliphatic rings. The minimum absolute atomic E-state index is 0.0464. The van der Waals surface area contributed by atoms with Crippen LogP contribution in [0.2, 0.25) is 0 Å². The maximum atomic E-state index is 12.2. The molecule has 4 nitrogen and oxygen atoms in total. The van der Waals surface area contributed by atoms with E-state index >= 15 is 0 Å². The van der Waals surface area contributed by atoms with Crippen LogP contribution in [0.4, 0.5) is 0 Å². The molecule has 6 heteroatoms. The van der Waals surface area contributed by atoms with Crippen molar-refractivity contribution in [2.24, 2.45) is 0 Å². The molecule has 126 valence electrons. The van der Waals surface area contributed by atoms with Gasteiger partial charge in [0.1, 0.15) is 10.1 Å². The Kier molecular flexibility index (Phi) is 7.17. The van der Waals surface area contributed by atoms with Crippen LogP contribution >= 0.6 is 24.0 Å². The van der Waals surface area contributed by atoms with E-state index in [0.717, 1.165) is 29.6 Å². The molecule has 0 bridgehead atoms. The number of benzene rings is 1. The van der Waals surface area contributed by atoms with Gasteiger partial charge in [0.25, 0.3) is 0 Å². The molecule has 1 saturated heterocycles. The van der Waals surface area contributed by atoms with Crippen LogP contribution in [0.3, 0.4) is 0 Å². The molecule has 0 unspecified atom stereocenters. The molecule has 0 saturated carbocycles. The summed E-state index contributed by atoms with van der Waals surface area (Å²) in [6.07, 6.45) is 3.20.